The highest BCUT2D eigenvalue weighted by Crippen LogP contribution is 2.33. The Kier molecular flexibility index (Phi) is 7.09. The number of aryl methyl sites for hydroxylation is 1. The van der Waals surface area contributed by atoms with E-state index >= 15 is 0 Å². The van der Waals surface area contributed by atoms with E-state index < -0.39 is 0 Å². The van der Waals surface area contributed by atoms with Crippen LogP contribution in [0.2, 0.25) is 10.0 Å². The number of carbonyl (C=O) groups excluding carboxylic acids is 1. The summed E-state index contributed by atoms with van der Waals surface area (Å²) in [6.45, 7) is 6.08. The zero-order chi connectivity index (χ0) is 25.6. The first-order valence-corrected chi connectivity index (χ1v) is 13.1. The van der Waals surface area contributed by atoms with E-state index in [1.54, 1.807) is 12.3 Å². The van der Waals surface area contributed by atoms with Crippen molar-refractivity contribution < 1.29 is 9.90 Å². The molecule has 4 atom stereocenters. The Morgan fingerprint density at radius 1 is 1.28 bits per heavy atom. The molecule has 192 valence electrons. The Balaban J connectivity index is 1.45. The lowest BCUT2D eigenvalue weighted by Gasteiger charge is -2.43. The van der Waals surface area contributed by atoms with Crippen LogP contribution in [0.1, 0.15) is 43.5 Å². The number of hydrogen-bond acceptors (Lipinski definition) is 7. The molecule has 2 aromatic heterocycles. The van der Waals surface area contributed by atoms with E-state index in [-0.39, 0.29) is 36.6 Å². The van der Waals surface area contributed by atoms with Gasteiger partial charge in [-0.2, -0.15) is 5.10 Å². The fourth-order valence-electron chi connectivity index (χ4n) is 5.75. The minimum Gasteiger partial charge on any atom is -0.395 e. The molecule has 0 spiro atoms. The quantitative estimate of drug-likeness (QED) is 0.501. The first kappa shape index (κ1) is 25.2. The molecule has 11 heteroatoms. The minimum absolute atomic E-state index is 0.0231. The number of nitrogens with zero attached hydrogens (tertiary/aromatic N) is 6. The summed E-state index contributed by atoms with van der Waals surface area (Å²) in [5, 5.41) is 15.7. The second-order valence-electron chi connectivity index (χ2n) is 9.80. The summed E-state index contributed by atoms with van der Waals surface area (Å²) >= 11 is 12.6. The van der Waals surface area contributed by atoms with Gasteiger partial charge in [-0.15, -0.1) is 0 Å². The Morgan fingerprint density at radius 3 is 2.81 bits per heavy atom. The molecule has 2 aliphatic heterocycles. The molecule has 4 heterocycles. The summed E-state index contributed by atoms with van der Waals surface area (Å²) in [6, 6.07) is 5.36. The maximum absolute atomic E-state index is 12.5. The average Bonchev–Trinajstić information content (AvgIpc) is 3.47. The highest BCUT2D eigenvalue weighted by molar-refractivity contribution is 6.35. The van der Waals surface area contributed by atoms with Crippen LogP contribution in [0.15, 0.2) is 24.4 Å². The van der Waals surface area contributed by atoms with Crippen molar-refractivity contribution in [2.45, 2.75) is 51.2 Å². The number of fused-ring (bicyclic) bond motifs is 1. The topological polar surface area (TPSA) is 113 Å². The van der Waals surface area contributed by atoms with Gasteiger partial charge in [-0.25, -0.2) is 14.6 Å². The number of aliphatic hydroxyl groups excluding tert-OH is 1. The lowest BCUT2D eigenvalue weighted by atomic mass is 9.89. The average molecular weight is 532 g/mol. The van der Waals surface area contributed by atoms with Crippen LogP contribution in [0.4, 0.5) is 5.82 Å². The van der Waals surface area contributed by atoms with Gasteiger partial charge in [-0.3, -0.25) is 9.69 Å². The molecular formula is C25H31Cl2N7O2. The van der Waals surface area contributed by atoms with Gasteiger partial charge in [0.15, 0.2) is 5.65 Å². The standard InChI is InChI=1S/C25H31Cl2N7O2/c1-14-23-25(34(31-14)15(2)18-6-5-16(26)10-20(18)27)30-22(11-29-23)32-9-7-21(19(12-32)24(28)36)33-8-3-4-17(33)13-35/h5-6,10-11,15,17,19,21,35H,3-4,7-9,12-13H2,1-2H3,(H2,28,36). The second kappa shape index (κ2) is 10.1. The maximum atomic E-state index is 12.5. The molecule has 1 aromatic carbocycles. The van der Waals surface area contributed by atoms with Gasteiger partial charge >= 0.3 is 0 Å². The molecule has 0 radical (unpaired) electrons. The van der Waals surface area contributed by atoms with Gasteiger partial charge in [0.1, 0.15) is 11.3 Å². The number of nitrogens with two attached hydrogens (primary N) is 1. The number of primary amides is 1. The molecule has 0 aliphatic carbocycles. The summed E-state index contributed by atoms with van der Waals surface area (Å²) in [4.78, 5) is 26.5. The third-order valence-corrected chi connectivity index (χ3v) is 8.23. The van der Waals surface area contributed by atoms with Crippen LogP contribution in [-0.2, 0) is 4.79 Å². The van der Waals surface area contributed by atoms with Crippen LogP contribution in [-0.4, -0.2) is 74.0 Å². The fourth-order valence-corrected chi connectivity index (χ4v) is 6.32. The second-order valence-corrected chi connectivity index (χ2v) is 10.6. The van der Waals surface area contributed by atoms with Gasteiger partial charge in [-0.1, -0.05) is 29.3 Å². The molecule has 9 nitrogen and oxygen atoms in total. The number of aliphatic hydroxyl groups is 1. The maximum Gasteiger partial charge on any atom is 0.223 e. The Bertz CT molecular complexity index is 1280. The fraction of sp³-hybridized carbons (Fsp3) is 0.520. The van der Waals surface area contributed by atoms with Crippen LogP contribution in [0.5, 0.6) is 0 Å². The van der Waals surface area contributed by atoms with Gasteiger partial charge in [0, 0.05) is 35.2 Å². The number of piperidine rings is 1. The Morgan fingerprint density at radius 2 is 2.08 bits per heavy atom. The van der Waals surface area contributed by atoms with Crippen LogP contribution < -0.4 is 10.6 Å². The molecule has 2 saturated heterocycles. The van der Waals surface area contributed by atoms with E-state index in [0.29, 0.717) is 28.1 Å². The number of likely N-dealkylation sites (tertiary alicyclic amines) is 1. The molecule has 2 aliphatic rings. The molecule has 1 amide bonds. The van der Waals surface area contributed by atoms with Crippen molar-refractivity contribution >= 4 is 46.1 Å². The van der Waals surface area contributed by atoms with Gasteiger partial charge in [0.25, 0.3) is 0 Å². The molecule has 3 aromatic rings. The van der Waals surface area contributed by atoms with Crippen molar-refractivity contribution in [1.82, 2.24) is 24.6 Å². The molecule has 2 fully saturated rings. The summed E-state index contributed by atoms with van der Waals surface area (Å²) in [5.74, 6) is -0.000981. The lowest BCUT2D eigenvalue weighted by Crippen LogP contribution is -2.57. The number of hydrogen-bond donors (Lipinski definition) is 2. The van der Waals surface area contributed by atoms with Crippen LogP contribution in [0.25, 0.3) is 11.2 Å². The number of halogens is 2. The Labute approximate surface area is 220 Å². The van der Waals surface area contributed by atoms with Crippen LogP contribution in [0, 0.1) is 12.8 Å². The SMILES string of the molecule is Cc1nn(C(C)c2ccc(Cl)cc2Cl)c2nc(N3CCC(N4CCCC4CO)C(C(N)=O)C3)cnc12. The van der Waals surface area contributed by atoms with E-state index in [9.17, 15) is 9.90 Å². The predicted octanol–water partition coefficient (Wildman–Crippen LogP) is 3.19. The zero-order valence-corrected chi connectivity index (χ0v) is 22.0. The molecule has 0 bridgehead atoms. The monoisotopic (exact) mass is 531 g/mol. The first-order chi connectivity index (χ1) is 17.3. The normalized spacial score (nSPS) is 23.9. The zero-order valence-electron chi connectivity index (χ0n) is 20.4. The number of carbonyl (C=O) groups is 1. The van der Waals surface area contributed by atoms with Gasteiger partial charge in [0.2, 0.25) is 5.91 Å². The summed E-state index contributed by atoms with van der Waals surface area (Å²) < 4.78 is 1.84. The highest BCUT2D eigenvalue weighted by atomic mass is 35.5. The van der Waals surface area contributed by atoms with E-state index in [0.717, 1.165) is 49.1 Å². The smallest absolute Gasteiger partial charge is 0.223 e. The number of anilines is 1. The third-order valence-electron chi connectivity index (χ3n) is 7.66. The summed E-state index contributed by atoms with van der Waals surface area (Å²) in [7, 11) is 0. The first-order valence-electron chi connectivity index (χ1n) is 12.4. The van der Waals surface area contributed by atoms with Gasteiger partial charge in [-0.05, 0) is 57.4 Å². The van der Waals surface area contributed by atoms with Gasteiger partial charge in [0.05, 0.1) is 30.5 Å². The van der Waals surface area contributed by atoms with Crippen molar-refractivity contribution in [2.24, 2.45) is 11.7 Å². The third kappa shape index (κ3) is 4.53. The summed E-state index contributed by atoms with van der Waals surface area (Å²) in [6.07, 6.45) is 4.48. The molecule has 5 rings (SSSR count). The number of rotatable bonds is 6. The molecule has 4 unspecified atom stereocenters. The number of aromatic nitrogens is 4. The molecule has 0 saturated carbocycles. The summed E-state index contributed by atoms with van der Waals surface area (Å²) in [5.41, 5.74) is 8.91. The van der Waals surface area contributed by atoms with Crippen molar-refractivity contribution in [3.63, 3.8) is 0 Å². The minimum atomic E-state index is -0.359. The van der Waals surface area contributed by atoms with Gasteiger partial charge < -0.3 is 15.7 Å². The molecule has 36 heavy (non-hydrogen) atoms. The van der Waals surface area contributed by atoms with Crippen molar-refractivity contribution in [3.8, 4) is 0 Å². The molecule has 3 N–H and O–H groups in total. The largest absolute Gasteiger partial charge is 0.395 e. The van der Waals surface area contributed by atoms with Crippen molar-refractivity contribution in [2.75, 3.05) is 31.1 Å². The van der Waals surface area contributed by atoms with Crippen molar-refractivity contribution in [3.05, 3.63) is 45.7 Å². The van der Waals surface area contributed by atoms with Crippen LogP contribution >= 0.6 is 23.2 Å². The van der Waals surface area contributed by atoms with Crippen molar-refractivity contribution in [1.29, 1.82) is 0 Å². The molecular weight excluding hydrogens is 501 g/mol. The van der Waals surface area contributed by atoms with E-state index in [4.69, 9.17) is 39.0 Å². The number of benzene rings is 1. The predicted molar refractivity (Wildman–Crippen MR) is 140 cm³/mol. The van der Waals surface area contributed by atoms with Crippen LogP contribution in [0.3, 0.4) is 0 Å². The van der Waals surface area contributed by atoms with E-state index in [1.807, 2.05) is 30.7 Å². The van der Waals surface area contributed by atoms with E-state index in [1.165, 1.54) is 0 Å². The van der Waals surface area contributed by atoms with E-state index in [2.05, 4.69) is 14.8 Å². The lowest BCUT2D eigenvalue weighted by molar-refractivity contribution is -0.124. The number of amides is 1. The Hall–Kier alpha value is -2.46. The highest BCUT2D eigenvalue weighted by Gasteiger charge is 2.41.